The highest BCUT2D eigenvalue weighted by Gasteiger charge is 2.16. The molecule has 0 aliphatic carbocycles. The highest BCUT2D eigenvalue weighted by atomic mass is 35.5. The van der Waals surface area contributed by atoms with Crippen molar-refractivity contribution in [1.29, 1.82) is 0 Å². The maximum atomic E-state index is 6.07. The van der Waals surface area contributed by atoms with E-state index in [-0.39, 0.29) is 0 Å². The van der Waals surface area contributed by atoms with E-state index in [1.165, 1.54) is 11.1 Å². The average molecular weight is 182 g/mol. The van der Waals surface area contributed by atoms with Crippen molar-refractivity contribution in [3.8, 4) is 0 Å². The number of halogens is 1. The lowest BCUT2D eigenvalue weighted by Crippen LogP contribution is -2.26. The van der Waals surface area contributed by atoms with Crippen molar-refractivity contribution in [3.05, 3.63) is 34.3 Å². The number of rotatable bonds is 0. The summed E-state index contributed by atoms with van der Waals surface area (Å²) in [5, 5.41) is 4.24. The molecule has 1 aliphatic rings. The van der Waals surface area contributed by atoms with Crippen LogP contribution in [0.4, 0.5) is 0 Å². The zero-order chi connectivity index (χ0) is 8.55. The van der Waals surface area contributed by atoms with Gasteiger partial charge in [-0.25, -0.2) is 0 Å². The Kier molecular flexibility index (Phi) is 2.07. The van der Waals surface area contributed by atoms with E-state index in [0.717, 1.165) is 18.1 Å². The molecule has 1 aromatic rings. The van der Waals surface area contributed by atoms with E-state index >= 15 is 0 Å². The molecule has 0 saturated carbocycles. The molecule has 1 aromatic carbocycles. The van der Waals surface area contributed by atoms with E-state index in [0.29, 0.717) is 5.92 Å². The average Bonchev–Trinajstić information content (AvgIpc) is 2.07. The molecule has 1 atom stereocenters. The molecule has 12 heavy (non-hydrogen) atoms. The van der Waals surface area contributed by atoms with Gasteiger partial charge in [0.05, 0.1) is 0 Å². The minimum absolute atomic E-state index is 0.590. The second-order valence-electron chi connectivity index (χ2n) is 3.34. The quantitative estimate of drug-likeness (QED) is 0.649. The predicted octanol–water partition coefficient (Wildman–Crippen LogP) is 2.55. The van der Waals surface area contributed by atoms with Gasteiger partial charge < -0.3 is 5.32 Å². The fraction of sp³-hybridized carbons (Fsp3) is 0.400. The van der Waals surface area contributed by atoms with Crippen molar-refractivity contribution in [3.63, 3.8) is 0 Å². The Labute approximate surface area is 77.7 Å². The van der Waals surface area contributed by atoms with Crippen LogP contribution < -0.4 is 5.32 Å². The van der Waals surface area contributed by atoms with Gasteiger partial charge >= 0.3 is 0 Å². The van der Waals surface area contributed by atoms with E-state index in [4.69, 9.17) is 11.6 Å². The second-order valence-corrected chi connectivity index (χ2v) is 3.75. The molecule has 0 unspecified atom stereocenters. The third kappa shape index (κ3) is 1.23. The standard InChI is InChI=1S/C10H12ClN/c1-7-5-12-6-9-8(7)3-2-4-10(9)11/h2-4,7,12H,5-6H2,1H3/t7-/m0/s1. The van der Waals surface area contributed by atoms with Crippen LogP contribution in [0.15, 0.2) is 18.2 Å². The molecular weight excluding hydrogens is 170 g/mol. The highest BCUT2D eigenvalue weighted by molar-refractivity contribution is 6.31. The first-order valence-electron chi connectivity index (χ1n) is 4.27. The third-order valence-corrected chi connectivity index (χ3v) is 2.79. The summed E-state index contributed by atoms with van der Waals surface area (Å²) < 4.78 is 0. The van der Waals surface area contributed by atoms with Crippen molar-refractivity contribution in [2.45, 2.75) is 19.4 Å². The van der Waals surface area contributed by atoms with Crippen LogP contribution >= 0.6 is 11.6 Å². The summed E-state index contributed by atoms with van der Waals surface area (Å²) in [4.78, 5) is 0. The molecule has 0 amide bonds. The Morgan fingerprint density at radius 2 is 2.33 bits per heavy atom. The number of nitrogens with one attached hydrogen (secondary N) is 1. The molecule has 64 valence electrons. The number of hydrogen-bond acceptors (Lipinski definition) is 1. The third-order valence-electron chi connectivity index (χ3n) is 2.44. The van der Waals surface area contributed by atoms with Gasteiger partial charge in [-0.05, 0) is 23.1 Å². The van der Waals surface area contributed by atoms with Gasteiger partial charge in [-0.3, -0.25) is 0 Å². The molecule has 1 N–H and O–H groups in total. The van der Waals surface area contributed by atoms with Gasteiger partial charge in [0.1, 0.15) is 0 Å². The Bertz CT molecular complexity index is 296. The Morgan fingerprint density at radius 1 is 1.50 bits per heavy atom. The minimum Gasteiger partial charge on any atom is -0.312 e. The van der Waals surface area contributed by atoms with Crippen LogP contribution in [-0.4, -0.2) is 6.54 Å². The number of benzene rings is 1. The van der Waals surface area contributed by atoms with Crippen LogP contribution in [0.3, 0.4) is 0 Å². The molecule has 1 aliphatic heterocycles. The van der Waals surface area contributed by atoms with Gasteiger partial charge in [-0.2, -0.15) is 0 Å². The normalized spacial score (nSPS) is 22.0. The van der Waals surface area contributed by atoms with Crippen molar-refractivity contribution in [1.82, 2.24) is 5.32 Å². The summed E-state index contributed by atoms with van der Waals surface area (Å²) in [7, 11) is 0. The summed E-state index contributed by atoms with van der Waals surface area (Å²) in [5.41, 5.74) is 2.68. The Hall–Kier alpha value is -0.530. The topological polar surface area (TPSA) is 12.0 Å². The van der Waals surface area contributed by atoms with Crippen LogP contribution in [0, 0.1) is 0 Å². The first-order chi connectivity index (χ1) is 5.79. The van der Waals surface area contributed by atoms with Gasteiger partial charge in [0.15, 0.2) is 0 Å². The lowest BCUT2D eigenvalue weighted by atomic mass is 9.92. The lowest BCUT2D eigenvalue weighted by molar-refractivity contribution is 0.571. The van der Waals surface area contributed by atoms with Crippen LogP contribution in [0.2, 0.25) is 5.02 Å². The van der Waals surface area contributed by atoms with Crippen molar-refractivity contribution in [2.75, 3.05) is 6.54 Å². The van der Waals surface area contributed by atoms with E-state index in [1.54, 1.807) is 0 Å². The fourth-order valence-corrected chi connectivity index (χ4v) is 2.00. The van der Waals surface area contributed by atoms with E-state index in [1.807, 2.05) is 12.1 Å². The largest absolute Gasteiger partial charge is 0.312 e. The van der Waals surface area contributed by atoms with Crippen LogP contribution in [0.25, 0.3) is 0 Å². The molecule has 0 saturated heterocycles. The maximum absolute atomic E-state index is 6.07. The van der Waals surface area contributed by atoms with Gasteiger partial charge in [-0.1, -0.05) is 30.7 Å². The fourth-order valence-electron chi connectivity index (χ4n) is 1.75. The monoisotopic (exact) mass is 181 g/mol. The maximum Gasteiger partial charge on any atom is 0.0453 e. The first kappa shape index (κ1) is 8.09. The van der Waals surface area contributed by atoms with Crippen LogP contribution in [-0.2, 0) is 6.54 Å². The van der Waals surface area contributed by atoms with Crippen LogP contribution in [0.5, 0.6) is 0 Å². The molecule has 0 fully saturated rings. The summed E-state index contributed by atoms with van der Waals surface area (Å²) >= 11 is 6.07. The summed E-state index contributed by atoms with van der Waals surface area (Å²) in [6, 6.07) is 6.16. The molecule has 0 bridgehead atoms. The van der Waals surface area contributed by atoms with Gasteiger partial charge in [0.2, 0.25) is 0 Å². The predicted molar refractivity (Wildman–Crippen MR) is 51.6 cm³/mol. The van der Waals surface area contributed by atoms with Gasteiger partial charge in [0, 0.05) is 18.1 Å². The summed E-state index contributed by atoms with van der Waals surface area (Å²) in [5.74, 6) is 0.590. The van der Waals surface area contributed by atoms with Crippen LogP contribution in [0.1, 0.15) is 24.0 Å². The Balaban J connectivity index is 2.52. The SMILES string of the molecule is C[C@H]1CNCc2c(Cl)cccc21. The molecule has 1 nitrogen and oxygen atoms in total. The number of fused-ring (bicyclic) bond motifs is 1. The minimum atomic E-state index is 0.590. The van der Waals surface area contributed by atoms with Gasteiger partial charge in [-0.15, -0.1) is 0 Å². The van der Waals surface area contributed by atoms with E-state index in [2.05, 4.69) is 18.3 Å². The Morgan fingerprint density at radius 3 is 3.08 bits per heavy atom. The molecule has 0 spiro atoms. The van der Waals surface area contributed by atoms with E-state index in [9.17, 15) is 0 Å². The van der Waals surface area contributed by atoms with Crippen molar-refractivity contribution in [2.24, 2.45) is 0 Å². The molecule has 1 heterocycles. The molecule has 2 heteroatoms. The van der Waals surface area contributed by atoms with E-state index < -0.39 is 0 Å². The highest BCUT2D eigenvalue weighted by Crippen LogP contribution is 2.28. The second kappa shape index (κ2) is 3.08. The zero-order valence-corrected chi connectivity index (χ0v) is 7.86. The van der Waals surface area contributed by atoms with Gasteiger partial charge in [0.25, 0.3) is 0 Å². The molecule has 0 radical (unpaired) electrons. The van der Waals surface area contributed by atoms with Crippen molar-refractivity contribution < 1.29 is 0 Å². The molecular formula is C10H12ClN. The lowest BCUT2D eigenvalue weighted by Gasteiger charge is -2.23. The number of hydrogen-bond donors (Lipinski definition) is 1. The summed E-state index contributed by atoms with van der Waals surface area (Å²) in [6.45, 7) is 4.20. The first-order valence-corrected chi connectivity index (χ1v) is 4.65. The molecule has 2 rings (SSSR count). The summed E-state index contributed by atoms with van der Waals surface area (Å²) in [6.07, 6.45) is 0. The smallest absolute Gasteiger partial charge is 0.0453 e. The molecule has 0 aromatic heterocycles. The van der Waals surface area contributed by atoms with Crippen molar-refractivity contribution >= 4 is 11.6 Å². The zero-order valence-electron chi connectivity index (χ0n) is 7.10.